The van der Waals surface area contributed by atoms with Crippen molar-refractivity contribution in [3.8, 4) is 22.6 Å². The zero-order valence-electron chi connectivity index (χ0n) is 18.4. The Balaban J connectivity index is 1.39. The van der Waals surface area contributed by atoms with E-state index in [2.05, 4.69) is 5.32 Å². The number of hydrogen-bond acceptors (Lipinski definition) is 5. The van der Waals surface area contributed by atoms with Gasteiger partial charge in [0, 0.05) is 19.8 Å². The minimum absolute atomic E-state index is 0.0672. The molecule has 1 aliphatic heterocycles. The van der Waals surface area contributed by atoms with Crippen LogP contribution in [0.5, 0.6) is 11.5 Å². The van der Waals surface area contributed by atoms with Crippen LogP contribution in [-0.4, -0.2) is 39.5 Å². The Kier molecular flexibility index (Phi) is 5.14. The second-order valence-corrected chi connectivity index (χ2v) is 10.7. The van der Waals surface area contributed by atoms with E-state index in [0.717, 1.165) is 29.5 Å². The molecule has 0 unspecified atom stereocenters. The van der Waals surface area contributed by atoms with Gasteiger partial charge in [-0.25, -0.2) is 12.7 Å². The fourth-order valence-electron chi connectivity index (χ4n) is 4.04. The predicted octanol–water partition coefficient (Wildman–Crippen LogP) is 4.00. The highest BCUT2D eigenvalue weighted by atomic mass is 32.2. The lowest BCUT2D eigenvalue weighted by atomic mass is 9.94. The molecule has 0 spiro atoms. The maximum atomic E-state index is 13.2. The standard InChI is InChI=1S/C25H24N2O5S/c1-27(2)33(29,30)21-8-4-6-18(14-21)17-5-3-7-20(13-17)26-24(28)25(11-12-25)19-9-10-22-23(15-19)32-16-31-22/h3-10,13-15H,11-12,16H2,1-2H3,(H,26,28). The van der Waals surface area contributed by atoms with Gasteiger partial charge in [0.05, 0.1) is 10.3 Å². The number of fused-ring (bicyclic) bond motifs is 1. The van der Waals surface area contributed by atoms with Crippen molar-refractivity contribution >= 4 is 21.6 Å². The van der Waals surface area contributed by atoms with Crippen LogP contribution in [0, 0.1) is 0 Å². The minimum atomic E-state index is -3.54. The van der Waals surface area contributed by atoms with E-state index >= 15 is 0 Å². The fraction of sp³-hybridized carbons (Fsp3) is 0.240. The molecule has 1 aliphatic carbocycles. The van der Waals surface area contributed by atoms with Gasteiger partial charge < -0.3 is 14.8 Å². The number of amides is 1. The van der Waals surface area contributed by atoms with Crippen molar-refractivity contribution in [1.29, 1.82) is 0 Å². The van der Waals surface area contributed by atoms with Crippen LogP contribution in [0.15, 0.2) is 71.6 Å². The Morgan fingerprint density at radius 1 is 0.909 bits per heavy atom. The van der Waals surface area contributed by atoms with Crippen LogP contribution in [0.3, 0.4) is 0 Å². The third-order valence-electron chi connectivity index (χ3n) is 6.18. The summed E-state index contributed by atoms with van der Waals surface area (Å²) >= 11 is 0. The number of hydrogen-bond donors (Lipinski definition) is 1. The van der Waals surface area contributed by atoms with Gasteiger partial charge in [0.2, 0.25) is 22.7 Å². The van der Waals surface area contributed by atoms with Crippen molar-refractivity contribution in [3.05, 3.63) is 72.3 Å². The molecule has 1 fully saturated rings. The third-order valence-corrected chi connectivity index (χ3v) is 7.99. The summed E-state index contributed by atoms with van der Waals surface area (Å²) in [6, 6.07) is 19.9. The Hall–Kier alpha value is -3.36. The number of ether oxygens (including phenoxy) is 2. The van der Waals surface area contributed by atoms with Crippen LogP contribution in [0.1, 0.15) is 18.4 Å². The van der Waals surface area contributed by atoms with Crippen LogP contribution in [0.25, 0.3) is 11.1 Å². The summed E-state index contributed by atoms with van der Waals surface area (Å²) in [4.78, 5) is 13.5. The SMILES string of the molecule is CN(C)S(=O)(=O)c1cccc(-c2cccc(NC(=O)C3(c4ccc5c(c4)OCO5)CC3)c2)c1. The van der Waals surface area contributed by atoms with Crippen LogP contribution in [-0.2, 0) is 20.2 Å². The van der Waals surface area contributed by atoms with Crippen LogP contribution in [0.2, 0.25) is 0 Å². The smallest absolute Gasteiger partial charge is 0.242 e. The predicted molar refractivity (Wildman–Crippen MR) is 125 cm³/mol. The zero-order valence-corrected chi connectivity index (χ0v) is 19.2. The molecule has 1 saturated carbocycles. The normalized spacial score (nSPS) is 16.0. The molecule has 1 heterocycles. The number of carbonyl (C=O) groups excluding carboxylic acids is 1. The summed E-state index contributed by atoms with van der Waals surface area (Å²) in [6.45, 7) is 0.196. The van der Waals surface area contributed by atoms with E-state index in [1.54, 1.807) is 18.2 Å². The number of anilines is 1. The summed E-state index contributed by atoms with van der Waals surface area (Å²) in [5, 5.41) is 3.05. The summed E-state index contributed by atoms with van der Waals surface area (Å²) in [5.41, 5.74) is 2.58. The molecule has 3 aromatic carbocycles. The minimum Gasteiger partial charge on any atom is -0.454 e. The molecule has 7 nitrogen and oxygen atoms in total. The quantitative estimate of drug-likeness (QED) is 0.596. The fourth-order valence-corrected chi connectivity index (χ4v) is 4.99. The first-order valence-corrected chi connectivity index (χ1v) is 12.1. The summed E-state index contributed by atoms with van der Waals surface area (Å²) in [5.74, 6) is 1.30. The molecule has 1 N–H and O–H groups in total. The van der Waals surface area contributed by atoms with Gasteiger partial charge in [-0.1, -0.05) is 30.3 Å². The van der Waals surface area contributed by atoms with E-state index in [1.165, 1.54) is 18.4 Å². The highest BCUT2D eigenvalue weighted by Crippen LogP contribution is 2.51. The number of carbonyl (C=O) groups is 1. The van der Waals surface area contributed by atoms with E-state index in [4.69, 9.17) is 9.47 Å². The van der Waals surface area contributed by atoms with Gasteiger partial charge in [-0.15, -0.1) is 0 Å². The molecule has 8 heteroatoms. The number of sulfonamides is 1. The molecule has 2 aliphatic rings. The van der Waals surface area contributed by atoms with Crippen molar-refractivity contribution in [1.82, 2.24) is 4.31 Å². The van der Waals surface area contributed by atoms with Crippen LogP contribution < -0.4 is 14.8 Å². The van der Waals surface area contributed by atoms with Crippen molar-refractivity contribution < 1.29 is 22.7 Å². The van der Waals surface area contributed by atoms with Crippen molar-refractivity contribution in [3.63, 3.8) is 0 Å². The first-order chi connectivity index (χ1) is 15.8. The topological polar surface area (TPSA) is 84.9 Å². The molecule has 3 aromatic rings. The third kappa shape index (κ3) is 3.85. The lowest BCUT2D eigenvalue weighted by Crippen LogP contribution is -2.27. The Morgan fingerprint density at radius 2 is 1.61 bits per heavy atom. The maximum absolute atomic E-state index is 13.2. The summed E-state index contributed by atoms with van der Waals surface area (Å²) in [7, 11) is -0.526. The van der Waals surface area contributed by atoms with Crippen LogP contribution >= 0.6 is 0 Å². The molecule has 0 aromatic heterocycles. The Labute approximate surface area is 193 Å². The second-order valence-electron chi connectivity index (χ2n) is 8.50. The Morgan fingerprint density at radius 3 is 2.33 bits per heavy atom. The van der Waals surface area contributed by atoms with E-state index in [9.17, 15) is 13.2 Å². The number of rotatable bonds is 6. The van der Waals surface area contributed by atoms with Gasteiger partial charge >= 0.3 is 0 Å². The monoisotopic (exact) mass is 464 g/mol. The largest absolute Gasteiger partial charge is 0.454 e. The first kappa shape index (κ1) is 21.5. The van der Waals surface area contributed by atoms with Gasteiger partial charge in [-0.2, -0.15) is 0 Å². The maximum Gasteiger partial charge on any atom is 0.242 e. The molecule has 1 amide bonds. The molecule has 0 bridgehead atoms. The summed E-state index contributed by atoms with van der Waals surface area (Å²) in [6.07, 6.45) is 1.53. The molecular weight excluding hydrogens is 440 g/mol. The highest BCUT2D eigenvalue weighted by molar-refractivity contribution is 7.89. The molecule has 33 heavy (non-hydrogen) atoms. The van der Waals surface area contributed by atoms with E-state index in [0.29, 0.717) is 17.2 Å². The van der Waals surface area contributed by atoms with Crippen LogP contribution in [0.4, 0.5) is 5.69 Å². The molecule has 0 saturated heterocycles. The lowest BCUT2D eigenvalue weighted by molar-refractivity contribution is -0.118. The number of nitrogens with zero attached hydrogens (tertiary/aromatic N) is 1. The van der Waals surface area contributed by atoms with Crippen molar-refractivity contribution in [2.75, 3.05) is 26.2 Å². The first-order valence-electron chi connectivity index (χ1n) is 10.6. The molecule has 0 atom stereocenters. The van der Waals surface area contributed by atoms with Gasteiger partial charge in [0.25, 0.3) is 0 Å². The number of benzene rings is 3. The molecule has 5 rings (SSSR count). The van der Waals surface area contributed by atoms with Gasteiger partial charge in [0.15, 0.2) is 11.5 Å². The highest BCUT2D eigenvalue weighted by Gasteiger charge is 2.51. The van der Waals surface area contributed by atoms with E-state index in [-0.39, 0.29) is 17.6 Å². The molecular formula is C25H24N2O5S. The van der Waals surface area contributed by atoms with E-state index < -0.39 is 15.4 Å². The van der Waals surface area contributed by atoms with Gasteiger partial charge in [0.1, 0.15) is 0 Å². The second kappa shape index (κ2) is 7.90. The molecule has 0 radical (unpaired) electrons. The zero-order chi connectivity index (χ0) is 23.2. The molecule has 170 valence electrons. The average molecular weight is 465 g/mol. The number of nitrogens with one attached hydrogen (secondary N) is 1. The van der Waals surface area contributed by atoms with Crippen molar-refractivity contribution in [2.24, 2.45) is 0 Å². The summed E-state index contributed by atoms with van der Waals surface area (Å²) < 4.78 is 37.0. The lowest BCUT2D eigenvalue weighted by Gasteiger charge is -2.17. The van der Waals surface area contributed by atoms with Crippen molar-refractivity contribution in [2.45, 2.75) is 23.2 Å². The average Bonchev–Trinajstić information content (AvgIpc) is 3.50. The van der Waals surface area contributed by atoms with Gasteiger partial charge in [-0.05, 0) is 65.9 Å². The van der Waals surface area contributed by atoms with Gasteiger partial charge in [-0.3, -0.25) is 4.79 Å². The Bertz CT molecular complexity index is 1350. The van der Waals surface area contributed by atoms with E-state index in [1.807, 2.05) is 48.5 Å².